The molecule has 3 unspecified atom stereocenters. The van der Waals surface area contributed by atoms with Gasteiger partial charge in [0.25, 0.3) is 0 Å². The Morgan fingerprint density at radius 3 is 2.50 bits per heavy atom. The molecule has 0 spiro atoms. The molecule has 0 aromatic heterocycles. The summed E-state index contributed by atoms with van der Waals surface area (Å²) in [6, 6.07) is 0.704. The highest BCUT2D eigenvalue weighted by Gasteiger charge is 2.29. The van der Waals surface area contributed by atoms with Crippen LogP contribution in [0.5, 0.6) is 0 Å². The van der Waals surface area contributed by atoms with E-state index >= 15 is 0 Å². The van der Waals surface area contributed by atoms with Crippen molar-refractivity contribution in [2.45, 2.75) is 71.4 Å². The summed E-state index contributed by atoms with van der Waals surface area (Å²) in [7, 11) is 0. The molecule has 0 amide bonds. The zero-order valence-corrected chi connectivity index (χ0v) is 11.6. The molecule has 0 heterocycles. The van der Waals surface area contributed by atoms with Crippen molar-refractivity contribution in [3.05, 3.63) is 0 Å². The first-order valence-electron chi connectivity index (χ1n) is 6.93. The number of rotatable bonds is 6. The second-order valence-corrected chi connectivity index (χ2v) is 6.46. The Bertz CT molecular complexity index is 203. The Morgan fingerprint density at radius 2 is 2.06 bits per heavy atom. The van der Waals surface area contributed by atoms with E-state index in [1.54, 1.807) is 0 Å². The van der Waals surface area contributed by atoms with Crippen LogP contribution in [0.25, 0.3) is 0 Å². The molecule has 0 aliphatic heterocycles. The Labute approximate surface area is 101 Å². The second kappa shape index (κ2) is 6.02. The lowest BCUT2D eigenvalue weighted by Crippen LogP contribution is -2.52. The van der Waals surface area contributed by atoms with Gasteiger partial charge < -0.3 is 11.1 Å². The molecule has 0 bridgehead atoms. The standard InChI is InChI=1S/C14H30N2/c1-11(2)7-8-14(4,10-15)16-13-6-5-12(3)9-13/h11-13,16H,5-10,15H2,1-4H3. The maximum absolute atomic E-state index is 5.94. The number of hydrogen-bond acceptors (Lipinski definition) is 2. The third kappa shape index (κ3) is 4.42. The second-order valence-electron chi connectivity index (χ2n) is 6.46. The highest BCUT2D eigenvalue weighted by molar-refractivity contribution is 4.90. The summed E-state index contributed by atoms with van der Waals surface area (Å²) >= 11 is 0. The highest BCUT2D eigenvalue weighted by atomic mass is 15.0. The zero-order valence-electron chi connectivity index (χ0n) is 11.6. The maximum Gasteiger partial charge on any atom is 0.0278 e. The van der Waals surface area contributed by atoms with Gasteiger partial charge in [-0.1, -0.05) is 20.8 Å². The molecule has 0 radical (unpaired) electrons. The molecule has 1 rings (SSSR count). The van der Waals surface area contributed by atoms with E-state index in [2.05, 4.69) is 33.0 Å². The van der Waals surface area contributed by atoms with E-state index in [4.69, 9.17) is 5.73 Å². The molecule has 3 atom stereocenters. The first-order chi connectivity index (χ1) is 7.45. The lowest BCUT2D eigenvalue weighted by atomic mass is 9.91. The van der Waals surface area contributed by atoms with Gasteiger partial charge >= 0.3 is 0 Å². The van der Waals surface area contributed by atoms with Gasteiger partial charge in [0.05, 0.1) is 0 Å². The normalized spacial score (nSPS) is 29.6. The van der Waals surface area contributed by atoms with E-state index in [-0.39, 0.29) is 5.54 Å². The summed E-state index contributed by atoms with van der Waals surface area (Å²) in [4.78, 5) is 0. The number of hydrogen-bond donors (Lipinski definition) is 2. The largest absolute Gasteiger partial charge is 0.329 e. The van der Waals surface area contributed by atoms with Crippen LogP contribution in [0.2, 0.25) is 0 Å². The lowest BCUT2D eigenvalue weighted by Gasteiger charge is -2.33. The molecule has 1 aliphatic rings. The van der Waals surface area contributed by atoms with Crippen molar-refractivity contribution >= 4 is 0 Å². The molecular weight excluding hydrogens is 196 g/mol. The van der Waals surface area contributed by atoms with E-state index in [0.29, 0.717) is 6.04 Å². The van der Waals surface area contributed by atoms with Crippen molar-refractivity contribution in [3.63, 3.8) is 0 Å². The number of nitrogens with one attached hydrogen (secondary N) is 1. The lowest BCUT2D eigenvalue weighted by molar-refractivity contribution is 0.276. The molecule has 16 heavy (non-hydrogen) atoms. The molecule has 1 aliphatic carbocycles. The molecule has 2 nitrogen and oxygen atoms in total. The molecule has 1 saturated carbocycles. The fourth-order valence-electron chi connectivity index (χ4n) is 2.67. The van der Waals surface area contributed by atoms with Gasteiger partial charge in [0, 0.05) is 18.1 Å². The third-order valence-corrected chi connectivity index (χ3v) is 3.97. The molecule has 2 heteroatoms. The van der Waals surface area contributed by atoms with Crippen molar-refractivity contribution in [2.75, 3.05) is 6.54 Å². The Balaban J connectivity index is 2.39. The van der Waals surface area contributed by atoms with Crippen molar-refractivity contribution in [3.8, 4) is 0 Å². The predicted octanol–water partition coefficient (Wildman–Crippen LogP) is 2.92. The quantitative estimate of drug-likeness (QED) is 0.731. The molecule has 96 valence electrons. The van der Waals surface area contributed by atoms with Crippen LogP contribution in [0.3, 0.4) is 0 Å². The molecular formula is C14H30N2. The van der Waals surface area contributed by atoms with E-state index in [1.165, 1.54) is 32.1 Å². The van der Waals surface area contributed by atoms with Gasteiger partial charge in [-0.05, 0) is 50.9 Å². The van der Waals surface area contributed by atoms with E-state index < -0.39 is 0 Å². The third-order valence-electron chi connectivity index (χ3n) is 3.97. The van der Waals surface area contributed by atoms with Gasteiger partial charge in [0.2, 0.25) is 0 Å². The van der Waals surface area contributed by atoms with Crippen molar-refractivity contribution < 1.29 is 0 Å². The van der Waals surface area contributed by atoms with Crippen LogP contribution in [0.1, 0.15) is 59.8 Å². The van der Waals surface area contributed by atoms with Crippen LogP contribution in [-0.4, -0.2) is 18.1 Å². The SMILES string of the molecule is CC(C)CCC(C)(CN)NC1CCC(C)C1. The van der Waals surface area contributed by atoms with Crippen LogP contribution in [0.15, 0.2) is 0 Å². The summed E-state index contributed by atoms with van der Waals surface area (Å²) in [6.07, 6.45) is 6.51. The van der Waals surface area contributed by atoms with Crippen LogP contribution in [0.4, 0.5) is 0 Å². The average Bonchev–Trinajstić information content (AvgIpc) is 2.61. The average molecular weight is 226 g/mol. The van der Waals surface area contributed by atoms with Gasteiger partial charge in [-0.2, -0.15) is 0 Å². The summed E-state index contributed by atoms with van der Waals surface area (Å²) in [6.45, 7) is 9.97. The van der Waals surface area contributed by atoms with Crippen LogP contribution in [-0.2, 0) is 0 Å². The topological polar surface area (TPSA) is 38.0 Å². The molecule has 3 N–H and O–H groups in total. The van der Waals surface area contributed by atoms with Gasteiger partial charge in [0.15, 0.2) is 0 Å². The van der Waals surface area contributed by atoms with E-state index in [9.17, 15) is 0 Å². The highest BCUT2D eigenvalue weighted by Crippen LogP contribution is 2.27. The summed E-state index contributed by atoms with van der Waals surface area (Å²) in [5.41, 5.74) is 6.10. The van der Waals surface area contributed by atoms with E-state index in [0.717, 1.165) is 18.4 Å². The fourth-order valence-corrected chi connectivity index (χ4v) is 2.67. The van der Waals surface area contributed by atoms with Crippen molar-refractivity contribution in [1.82, 2.24) is 5.32 Å². The van der Waals surface area contributed by atoms with Gasteiger partial charge in [-0.15, -0.1) is 0 Å². The van der Waals surface area contributed by atoms with E-state index in [1.807, 2.05) is 0 Å². The van der Waals surface area contributed by atoms with Gasteiger partial charge in [-0.25, -0.2) is 0 Å². The first kappa shape index (κ1) is 14.0. The fraction of sp³-hybridized carbons (Fsp3) is 1.00. The van der Waals surface area contributed by atoms with Crippen LogP contribution >= 0.6 is 0 Å². The first-order valence-corrected chi connectivity index (χ1v) is 6.93. The maximum atomic E-state index is 5.94. The Hall–Kier alpha value is -0.0800. The van der Waals surface area contributed by atoms with Crippen LogP contribution in [0, 0.1) is 11.8 Å². The molecule has 1 fully saturated rings. The zero-order chi connectivity index (χ0) is 12.2. The monoisotopic (exact) mass is 226 g/mol. The summed E-state index contributed by atoms with van der Waals surface area (Å²) < 4.78 is 0. The van der Waals surface area contributed by atoms with Gasteiger partial charge in [-0.3, -0.25) is 0 Å². The minimum atomic E-state index is 0.152. The minimum absolute atomic E-state index is 0.152. The van der Waals surface area contributed by atoms with Crippen LogP contribution < -0.4 is 11.1 Å². The number of nitrogens with two attached hydrogens (primary N) is 1. The molecule has 0 aromatic rings. The molecule has 0 aromatic carbocycles. The Kier molecular flexibility index (Phi) is 5.26. The molecule has 0 saturated heterocycles. The van der Waals surface area contributed by atoms with Crippen molar-refractivity contribution in [2.24, 2.45) is 17.6 Å². The summed E-state index contributed by atoms with van der Waals surface area (Å²) in [5, 5.41) is 3.80. The summed E-state index contributed by atoms with van der Waals surface area (Å²) in [5.74, 6) is 1.67. The predicted molar refractivity (Wildman–Crippen MR) is 71.5 cm³/mol. The smallest absolute Gasteiger partial charge is 0.0278 e. The van der Waals surface area contributed by atoms with Gasteiger partial charge in [0.1, 0.15) is 0 Å². The van der Waals surface area contributed by atoms with Crippen molar-refractivity contribution in [1.29, 1.82) is 0 Å². The minimum Gasteiger partial charge on any atom is -0.329 e. The Morgan fingerprint density at radius 1 is 1.38 bits per heavy atom.